The number of sulfonamides is 1. The molecule has 101 heavy (non-hydrogen) atoms. The summed E-state index contributed by atoms with van der Waals surface area (Å²) in [7, 11) is 3.55. The lowest BCUT2D eigenvalue weighted by molar-refractivity contribution is -0.148. The van der Waals surface area contributed by atoms with Crippen LogP contribution in [0.1, 0.15) is 113 Å². The molecule has 2 aromatic carbocycles. The Hall–Kier alpha value is -7.94. The number of hydrogen-bond donors (Lipinski definition) is 8. The number of amides is 12. The van der Waals surface area contributed by atoms with Crippen molar-refractivity contribution < 1.29 is 84.8 Å². The summed E-state index contributed by atoms with van der Waals surface area (Å²) in [6.07, 6.45) is 2.17. The third kappa shape index (κ3) is 26.8. The number of nitrogens with one attached hydrogen (secondary N) is 7. The topological polar surface area (TPSA) is 391 Å². The number of likely N-dealkylation sites (N-methyl/N-ethyl adjacent to an activating group) is 2. The first-order chi connectivity index (χ1) is 47.8. The molecule has 30 nitrogen and oxygen atoms in total. The van der Waals surface area contributed by atoms with Gasteiger partial charge < -0.3 is 71.1 Å². The Labute approximate surface area is 594 Å². The molecule has 0 bridgehead atoms. The van der Waals surface area contributed by atoms with Gasteiger partial charge in [-0.1, -0.05) is 99.1 Å². The van der Waals surface area contributed by atoms with E-state index < -0.39 is 124 Å². The largest absolute Gasteiger partial charge is 0.379 e. The zero-order chi connectivity index (χ0) is 75.3. The predicted octanol–water partition coefficient (Wildman–Crippen LogP) is 2.24. The molecular weight excluding hydrogens is 1330 g/mol. The van der Waals surface area contributed by atoms with Crippen molar-refractivity contribution in [2.75, 3.05) is 100.0 Å². The van der Waals surface area contributed by atoms with E-state index in [1.165, 1.54) is 38.5 Å². The average molecular weight is 1440 g/mol. The second kappa shape index (κ2) is 42.5. The third-order valence-electron chi connectivity index (χ3n) is 18.0. The van der Waals surface area contributed by atoms with Crippen molar-refractivity contribution in [3.63, 3.8) is 0 Å². The monoisotopic (exact) mass is 1440 g/mol. The molecule has 1 saturated heterocycles. The lowest BCUT2D eigenvalue weighted by Gasteiger charge is -2.41. The summed E-state index contributed by atoms with van der Waals surface area (Å²) in [5.41, 5.74) is 5.93. The third-order valence-corrected chi connectivity index (χ3v) is 19.3. The molecule has 1 unspecified atom stereocenters. The molecule has 0 radical (unpaired) electrons. The summed E-state index contributed by atoms with van der Waals surface area (Å²) in [5, 5.41) is 16.2. The van der Waals surface area contributed by atoms with E-state index in [9.17, 15) is 61.2 Å². The molecule has 0 spiro atoms. The number of urea groups is 1. The molecule has 1 fully saturated rings. The number of carbonyl (C=O) groups excluding carboxylic acids is 11. The lowest BCUT2D eigenvalue weighted by Crippen LogP contribution is -2.59. The van der Waals surface area contributed by atoms with E-state index in [2.05, 4.69) is 36.6 Å². The molecular formula is C70H110N12O18S. The second-order valence-electron chi connectivity index (χ2n) is 26.7. The number of nitrogens with zero attached hydrogens (tertiary/aromatic N) is 4. The molecule has 0 aliphatic carbocycles. The van der Waals surface area contributed by atoms with Crippen LogP contribution in [0.25, 0.3) is 0 Å². The van der Waals surface area contributed by atoms with Crippen LogP contribution in [0, 0.1) is 29.6 Å². The number of likely N-dealkylation sites (tertiary alicyclic amines) is 1. The molecule has 9 N–H and O–H groups in total. The van der Waals surface area contributed by atoms with E-state index in [0.717, 1.165) is 17.0 Å². The zero-order valence-electron chi connectivity index (χ0n) is 61.1. The van der Waals surface area contributed by atoms with Crippen LogP contribution < -0.4 is 42.4 Å². The number of rotatable bonds is 45. The van der Waals surface area contributed by atoms with Crippen LogP contribution in [0.2, 0.25) is 0 Å². The van der Waals surface area contributed by atoms with Crippen LogP contribution >= 0.6 is 0 Å². The molecule has 12 amide bonds. The SMILES string of the molecule is CC[C@H](C)C([C@@H](CC(=O)N1CCC[C@H]1[C@H](OC)[C@@H](C)C(=O)N[C@@H](Cc1ccccc1)C(=O)NS(=O)(=O)c1ccc(NC(=O)[C@H](CCCNC(N)=O)NC(=O)[C@@H](NC(=O)CCOCCOCCOCCN2C(=O)C=CC2=O)C(C)C)cc1)OC)N(C)C(=O)[C@@H](NC(=O)[C@H](C(C)C)N(C)C)C(C)C. The molecule has 2 heterocycles. The van der Waals surface area contributed by atoms with Crippen molar-refractivity contribution in [1.29, 1.82) is 0 Å². The highest BCUT2D eigenvalue weighted by molar-refractivity contribution is 7.90. The quantitative estimate of drug-likeness (QED) is 0.0348. The fourth-order valence-electron chi connectivity index (χ4n) is 12.3. The van der Waals surface area contributed by atoms with E-state index in [0.29, 0.717) is 31.4 Å². The molecule has 11 atom stereocenters. The second-order valence-corrected chi connectivity index (χ2v) is 28.4. The van der Waals surface area contributed by atoms with Crippen molar-refractivity contribution in [3.8, 4) is 0 Å². The Balaban J connectivity index is 1.41. The Morgan fingerprint density at radius 1 is 0.673 bits per heavy atom. The number of benzene rings is 2. The van der Waals surface area contributed by atoms with Crippen LogP contribution in [0.4, 0.5) is 10.5 Å². The van der Waals surface area contributed by atoms with Gasteiger partial charge in [-0.2, -0.15) is 0 Å². The normalized spacial score (nSPS) is 17.0. The first kappa shape index (κ1) is 85.5. The number of nitrogens with two attached hydrogens (primary N) is 1. The number of carbonyl (C=O) groups is 11. The molecule has 31 heteroatoms. The van der Waals surface area contributed by atoms with Gasteiger partial charge in [-0.05, 0) is 93.3 Å². The number of imide groups is 1. The highest BCUT2D eigenvalue weighted by Gasteiger charge is 2.44. The molecule has 2 aromatic rings. The van der Waals surface area contributed by atoms with Gasteiger partial charge in [0, 0.05) is 65.0 Å². The summed E-state index contributed by atoms with van der Waals surface area (Å²) >= 11 is 0. The summed E-state index contributed by atoms with van der Waals surface area (Å²) in [6.45, 7) is 18.0. The molecule has 2 aliphatic heterocycles. The molecule has 0 saturated carbocycles. The maximum Gasteiger partial charge on any atom is 0.312 e. The van der Waals surface area contributed by atoms with Gasteiger partial charge in [0.15, 0.2) is 0 Å². The van der Waals surface area contributed by atoms with Crippen LogP contribution in [-0.4, -0.2) is 242 Å². The molecule has 2 aliphatic rings. The van der Waals surface area contributed by atoms with Crippen molar-refractivity contribution in [2.45, 2.75) is 173 Å². The van der Waals surface area contributed by atoms with E-state index in [4.69, 9.17) is 29.4 Å². The van der Waals surface area contributed by atoms with Gasteiger partial charge in [0.1, 0.15) is 24.2 Å². The van der Waals surface area contributed by atoms with Gasteiger partial charge in [-0.15, -0.1) is 0 Å². The Morgan fingerprint density at radius 2 is 1.27 bits per heavy atom. The van der Waals surface area contributed by atoms with Crippen molar-refractivity contribution >= 4 is 80.8 Å². The molecule has 564 valence electrons. The Bertz CT molecular complexity index is 3190. The minimum absolute atomic E-state index is 0.00353. The van der Waals surface area contributed by atoms with Gasteiger partial charge in [0.2, 0.25) is 41.4 Å². The van der Waals surface area contributed by atoms with E-state index in [1.807, 2.05) is 60.5 Å². The fraction of sp³-hybridized carbons (Fsp3) is 0.643. The average Bonchev–Trinajstić information content (AvgIpc) is 1.18. The van der Waals surface area contributed by atoms with Gasteiger partial charge >= 0.3 is 6.03 Å². The number of ether oxygens (including phenoxy) is 5. The van der Waals surface area contributed by atoms with Gasteiger partial charge in [0.25, 0.3) is 27.7 Å². The van der Waals surface area contributed by atoms with Crippen molar-refractivity contribution in [3.05, 3.63) is 72.3 Å². The molecule has 0 aromatic heterocycles. The highest BCUT2D eigenvalue weighted by Crippen LogP contribution is 2.30. The summed E-state index contributed by atoms with van der Waals surface area (Å²) < 4.78 is 58.7. The highest BCUT2D eigenvalue weighted by atomic mass is 32.2. The van der Waals surface area contributed by atoms with E-state index in [1.54, 1.807) is 68.0 Å². The zero-order valence-corrected chi connectivity index (χ0v) is 61.9. The first-order valence-corrected chi connectivity index (χ1v) is 36.1. The summed E-state index contributed by atoms with van der Waals surface area (Å²) in [5.74, 6) is -7.24. The Morgan fingerprint density at radius 3 is 1.82 bits per heavy atom. The summed E-state index contributed by atoms with van der Waals surface area (Å²) in [6, 6.07) is 6.29. The minimum Gasteiger partial charge on any atom is -0.379 e. The lowest BCUT2D eigenvalue weighted by atomic mass is 9.89. The smallest absolute Gasteiger partial charge is 0.312 e. The Kier molecular flexibility index (Phi) is 35.9. The van der Waals surface area contributed by atoms with E-state index >= 15 is 0 Å². The maximum atomic E-state index is 14.6. The van der Waals surface area contributed by atoms with Gasteiger partial charge in [-0.25, -0.2) is 17.9 Å². The van der Waals surface area contributed by atoms with Crippen LogP contribution in [0.5, 0.6) is 0 Å². The van der Waals surface area contributed by atoms with Crippen LogP contribution in [0.15, 0.2) is 71.6 Å². The van der Waals surface area contributed by atoms with Crippen LogP contribution in [-0.2, 0) is 88.1 Å². The van der Waals surface area contributed by atoms with Crippen molar-refractivity contribution in [1.82, 2.24) is 50.9 Å². The number of anilines is 1. The van der Waals surface area contributed by atoms with Gasteiger partial charge in [-0.3, -0.25) is 57.7 Å². The standard InChI is InChI=1S/C70H110N12O18S/c1-15-46(8)62(80(12)69(92)60(44(4)5)77-68(91)61(45(6)7)79(10)11)54(96-13)42-58(86)81-33-20-24-53(81)63(97-14)47(9)64(87)75-52(41-48-21-17-16-18-22-48)66(89)78-101(94,95)50-27-25-49(26-28-50)73-65(88)51(23-19-32-72-70(71)93)74-67(90)59(43(2)3)76-55(83)31-35-98-37-39-100-40-38-99-36-34-82-56(84)29-30-57(82)85/h16-18,21-22,25-30,43-47,51-54,59-63H,15,19-20,23-24,31-42H2,1-14H3,(H,73,88)(H,74,90)(H,75,87)(H,76,83)(H,77,91)(H,78,89)(H3,71,72,93)/t46-,47+,51-,52-,53-,54+,59-,60-,61-,62?,63+/m0/s1. The first-order valence-electron chi connectivity index (χ1n) is 34.6. The molecule has 4 rings (SSSR count). The van der Waals surface area contributed by atoms with Crippen molar-refractivity contribution in [2.24, 2.45) is 35.3 Å². The maximum absolute atomic E-state index is 14.6. The van der Waals surface area contributed by atoms with Crippen LogP contribution in [0.3, 0.4) is 0 Å². The number of hydrogen-bond acceptors (Lipinski definition) is 19. The minimum atomic E-state index is -4.66. The number of methoxy groups -OCH3 is 2. The fourth-order valence-corrected chi connectivity index (χ4v) is 13.3. The number of primary amides is 1. The van der Waals surface area contributed by atoms with Gasteiger partial charge in [0.05, 0.1) is 93.8 Å². The summed E-state index contributed by atoms with van der Waals surface area (Å²) in [4.78, 5) is 153. The van der Waals surface area contributed by atoms with E-state index in [-0.39, 0.29) is 131 Å². The predicted molar refractivity (Wildman–Crippen MR) is 376 cm³/mol.